The molecule has 1 saturated heterocycles. The molecule has 9 heteroatoms. The zero-order valence-corrected chi connectivity index (χ0v) is 24.1. The number of unbranched alkanes of at least 4 members (excludes halogenated alkanes) is 1. The number of hydrogen-bond donors (Lipinski definition) is 1. The minimum Gasteiger partial charge on any atom is -0.265 e. The fourth-order valence-corrected chi connectivity index (χ4v) is 12.8. The zero-order valence-electron chi connectivity index (χ0n) is 22.4. The van der Waals surface area contributed by atoms with Crippen LogP contribution in [0.2, 0.25) is 0 Å². The minimum atomic E-state index is -2.61. The zero-order chi connectivity index (χ0) is 29.1. The van der Waals surface area contributed by atoms with Gasteiger partial charge < -0.3 is 0 Å². The normalized spacial score (nSPS) is 20.6. The molecule has 1 N–H and O–H groups in total. The maximum absolute atomic E-state index is 15.4. The van der Waals surface area contributed by atoms with Gasteiger partial charge in [-0.25, -0.2) is 26.3 Å². The van der Waals surface area contributed by atoms with Crippen LogP contribution in [0, 0.1) is 34.9 Å². The predicted molar refractivity (Wildman–Crippen MR) is 155 cm³/mol. The Morgan fingerprint density at radius 2 is 1.24 bits per heavy atom. The van der Waals surface area contributed by atoms with Gasteiger partial charge in [-0.2, -0.15) is 0 Å². The highest BCUT2D eigenvalue weighted by atomic mass is 31.2. The van der Waals surface area contributed by atoms with Crippen LogP contribution >= 0.6 is 16.1 Å². The van der Waals surface area contributed by atoms with Crippen molar-refractivity contribution in [2.75, 3.05) is 0 Å². The van der Waals surface area contributed by atoms with Gasteiger partial charge in [0.2, 0.25) is 0 Å². The fourth-order valence-electron chi connectivity index (χ4n) is 5.79. The maximum atomic E-state index is 15.4. The van der Waals surface area contributed by atoms with E-state index >= 15 is 17.6 Å². The first-order valence-electron chi connectivity index (χ1n) is 13.5. The van der Waals surface area contributed by atoms with Gasteiger partial charge in [-0.1, -0.05) is 80.4 Å². The first kappa shape index (κ1) is 29.8. The van der Waals surface area contributed by atoms with Gasteiger partial charge >= 0.3 is 0 Å². The van der Waals surface area contributed by atoms with Crippen molar-refractivity contribution in [3.63, 3.8) is 0 Å². The Morgan fingerprint density at radius 1 is 0.756 bits per heavy atom. The molecule has 4 aromatic carbocycles. The second-order valence-electron chi connectivity index (χ2n) is 10.2. The summed E-state index contributed by atoms with van der Waals surface area (Å²) < 4.78 is 89.5. The molecule has 1 fully saturated rings. The summed E-state index contributed by atoms with van der Waals surface area (Å²) in [6.45, 7) is 2.08. The molecule has 0 aromatic heterocycles. The smallest absolute Gasteiger partial charge is 0.138 e. The van der Waals surface area contributed by atoms with Crippen molar-refractivity contribution in [2.24, 2.45) is 0 Å². The Balaban J connectivity index is 1.74. The fraction of sp³-hybridized carbons (Fsp3) is 0.250. The third kappa shape index (κ3) is 5.95. The van der Waals surface area contributed by atoms with E-state index in [9.17, 15) is 8.78 Å². The number of hydrogen-bond acceptors (Lipinski definition) is 1. The van der Waals surface area contributed by atoms with Crippen LogP contribution in [0.5, 0.6) is 0 Å². The summed E-state index contributed by atoms with van der Waals surface area (Å²) in [6.07, 6.45) is 4.02. The lowest BCUT2D eigenvalue weighted by molar-refractivity contribution is 0.504. The van der Waals surface area contributed by atoms with E-state index < -0.39 is 66.8 Å². The first-order valence-corrected chi connectivity index (χ1v) is 16.3. The summed E-state index contributed by atoms with van der Waals surface area (Å²) in [5.41, 5.74) is 1.95. The second-order valence-corrected chi connectivity index (χ2v) is 14.8. The number of rotatable bonds is 9. The topological polar surface area (TPSA) is 12.0 Å². The van der Waals surface area contributed by atoms with Crippen molar-refractivity contribution in [3.05, 3.63) is 131 Å². The van der Waals surface area contributed by atoms with Crippen LogP contribution in [0.3, 0.4) is 0 Å². The molecule has 1 aliphatic heterocycles. The molecule has 1 nitrogen and oxygen atoms in total. The minimum absolute atomic E-state index is 0.105. The monoisotopic (exact) mass is 603 g/mol. The Kier molecular flexibility index (Phi) is 9.18. The van der Waals surface area contributed by atoms with Gasteiger partial charge in [0, 0.05) is 43.2 Å². The highest BCUT2D eigenvalue weighted by Gasteiger charge is 2.51. The number of halogens is 6. The summed E-state index contributed by atoms with van der Waals surface area (Å²) in [5, 5.41) is -1.78. The molecule has 0 radical (unpaired) electrons. The highest BCUT2D eigenvalue weighted by Crippen LogP contribution is 2.75. The highest BCUT2D eigenvalue weighted by molar-refractivity contribution is 7.80. The van der Waals surface area contributed by atoms with Gasteiger partial charge in [-0.15, -0.1) is 0 Å². The van der Waals surface area contributed by atoms with Crippen molar-refractivity contribution >= 4 is 26.8 Å². The van der Waals surface area contributed by atoms with Gasteiger partial charge in [0.1, 0.15) is 34.9 Å². The molecule has 0 saturated carbocycles. The van der Waals surface area contributed by atoms with E-state index in [2.05, 4.69) is 11.8 Å². The van der Waals surface area contributed by atoms with Crippen LogP contribution in [0.15, 0.2) is 84.9 Å². The molecule has 5 rings (SSSR count). The van der Waals surface area contributed by atoms with Crippen LogP contribution < -0.4 is 15.5 Å². The van der Waals surface area contributed by atoms with E-state index in [0.717, 1.165) is 43.2 Å². The standard InChI is InChI=1S/C32H29F6NP2/c1-2-3-15-32(22-12-8-5-9-13-22)16-14-29(21-10-6-4-7-11-21)41(32)39-40(30-25(35)17-23(33)18-26(30)36)31-27(37)19-24(34)20-28(31)38/h4-13,17-20,29,39H,2-3,14-16H2,1H3. The molecule has 0 aliphatic carbocycles. The van der Waals surface area contributed by atoms with Gasteiger partial charge in [-0.3, -0.25) is 4.86 Å². The quantitative estimate of drug-likeness (QED) is 0.149. The van der Waals surface area contributed by atoms with E-state index in [1.807, 2.05) is 60.7 Å². The van der Waals surface area contributed by atoms with Gasteiger partial charge in [-0.05, 0) is 38.5 Å². The lowest BCUT2D eigenvalue weighted by Gasteiger charge is -2.41. The van der Waals surface area contributed by atoms with Crippen molar-refractivity contribution in [1.29, 1.82) is 0 Å². The molecule has 1 heterocycles. The molecule has 1 aliphatic rings. The Labute approximate surface area is 238 Å². The summed E-state index contributed by atoms with van der Waals surface area (Å²) in [5.74, 6) is -7.31. The van der Waals surface area contributed by atoms with E-state index in [0.29, 0.717) is 24.3 Å². The maximum Gasteiger partial charge on any atom is 0.138 e. The van der Waals surface area contributed by atoms with E-state index in [1.54, 1.807) is 0 Å². The number of nitrogens with one attached hydrogen (secondary N) is 1. The van der Waals surface area contributed by atoms with Crippen LogP contribution in [0.1, 0.15) is 55.8 Å². The largest absolute Gasteiger partial charge is 0.265 e. The summed E-state index contributed by atoms with van der Waals surface area (Å²) in [6, 6.07) is 21.6. The molecule has 3 unspecified atom stereocenters. The molecule has 0 amide bonds. The molecular weight excluding hydrogens is 574 g/mol. The van der Waals surface area contributed by atoms with Crippen molar-refractivity contribution in [1.82, 2.24) is 4.86 Å². The van der Waals surface area contributed by atoms with Crippen LogP contribution in [-0.4, -0.2) is 0 Å². The van der Waals surface area contributed by atoms with Crippen LogP contribution in [0.25, 0.3) is 0 Å². The Hall–Kier alpha value is -2.72. The molecule has 3 atom stereocenters. The average molecular weight is 604 g/mol. The van der Waals surface area contributed by atoms with E-state index in [-0.39, 0.29) is 5.66 Å². The van der Waals surface area contributed by atoms with E-state index in [1.165, 1.54) is 0 Å². The van der Waals surface area contributed by atoms with Crippen LogP contribution in [0.4, 0.5) is 26.3 Å². The van der Waals surface area contributed by atoms with Gasteiger partial charge in [0.25, 0.3) is 0 Å². The van der Waals surface area contributed by atoms with Crippen molar-refractivity contribution in [3.8, 4) is 0 Å². The van der Waals surface area contributed by atoms with E-state index in [4.69, 9.17) is 0 Å². The lowest BCUT2D eigenvalue weighted by Crippen LogP contribution is -2.33. The third-order valence-corrected chi connectivity index (χ3v) is 13.9. The molecule has 214 valence electrons. The third-order valence-electron chi connectivity index (χ3n) is 7.66. The average Bonchev–Trinajstić information content (AvgIpc) is 3.30. The second kappa shape index (κ2) is 12.7. The molecule has 41 heavy (non-hydrogen) atoms. The summed E-state index contributed by atoms with van der Waals surface area (Å²) >= 11 is 0. The van der Waals surface area contributed by atoms with Crippen LogP contribution in [-0.2, 0) is 5.16 Å². The Morgan fingerprint density at radius 3 is 1.73 bits per heavy atom. The molecular formula is C32H29F6NP2. The first-order chi connectivity index (χ1) is 19.7. The van der Waals surface area contributed by atoms with Crippen molar-refractivity contribution < 1.29 is 26.3 Å². The Bertz CT molecular complexity index is 1400. The molecule has 0 spiro atoms. The van der Waals surface area contributed by atoms with Gasteiger partial charge in [0.05, 0.1) is 10.6 Å². The lowest BCUT2D eigenvalue weighted by atomic mass is 9.88. The molecule has 0 bridgehead atoms. The SMILES string of the molecule is CCCCC1(c2ccccc2)CCC(c2ccccc2)P1NP(c1c(F)cc(F)cc1F)c1c(F)cc(F)cc1F. The van der Waals surface area contributed by atoms with Crippen molar-refractivity contribution in [2.45, 2.75) is 49.8 Å². The summed E-state index contributed by atoms with van der Waals surface area (Å²) in [7, 11) is -4.05. The molecule has 4 aromatic rings. The van der Waals surface area contributed by atoms with Gasteiger partial charge in [0.15, 0.2) is 0 Å². The summed E-state index contributed by atoms with van der Waals surface area (Å²) in [4.78, 5) is 3.42. The number of benzene rings is 4. The predicted octanol–water partition coefficient (Wildman–Crippen LogP) is 9.48.